The third-order valence-corrected chi connectivity index (χ3v) is 5.79. The number of benzene rings is 1. The smallest absolute Gasteiger partial charge is 0.383 e. The van der Waals surface area contributed by atoms with Crippen molar-refractivity contribution in [3.8, 4) is 23.1 Å². The van der Waals surface area contributed by atoms with Crippen LogP contribution >= 0.6 is 0 Å². The highest BCUT2D eigenvalue weighted by atomic mass is 19.4. The number of para-hydroxylation sites is 1. The average molecular weight is 507 g/mol. The summed E-state index contributed by atoms with van der Waals surface area (Å²) in [5, 5.41) is 14.5. The van der Waals surface area contributed by atoms with Crippen molar-refractivity contribution in [3.05, 3.63) is 78.0 Å². The number of nitrogens with zero attached hydrogens (tertiary/aromatic N) is 8. The second-order valence-corrected chi connectivity index (χ2v) is 8.07. The van der Waals surface area contributed by atoms with Gasteiger partial charge in [0.15, 0.2) is 5.82 Å². The molecule has 37 heavy (non-hydrogen) atoms. The molecule has 5 aromatic rings. The largest absolute Gasteiger partial charge is 0.451 e. The lowest BCUT2D eigenvalue weighted by atomic mass is 10.1. The highest BCUT2D eigenvalue weighted by molar-refractivity contribution is 5.89. The molecule has 186 valence electrons. The molecule has 13 heteroatoms. The van der Waals surface area contributed by atoms with Gasteiger partial charge in [-0.2, -0.15) is 23.5 Å². The van der Waals surface area contributed by atoms with Gasteiger partial charge in [0.25, 0.3) is 0 Å². The fourth-order valence-corrected chi connectivity index (χ4v) is 4.08. The Balaban J connectivity index is 1.63. The Morgan fingerprint density at radius 2 is 1.84 bits per heavy atom. The van der Waals surface area contributed by atoms with Crippen LogP contribution in [0.2, 0.25) is 0 Å². The molecule has 0 radical (unpaired) electrons. The normalized spacial score (nSPS) is 12.5. The van der Waals surface area contributed by atoms with Gasteiger partial charge < -0.3 is 10.3 Å². The molecule has 0 spiro atoms. The predicted octanol–water partition coefficient (Wildman–Crippen LogP) is 4.69. The van der Waals surface area contributed by atoms with E-state index in [9.17, 15) is 22.8 Å². The van der Waals surface area contributed by atoms with Crippen molar-refractivity contribution in [3.63, 3.8) is 0 Å². The molecule has 4 aromatic heterocycles. The van der Waals surface area contributed by atoms with Crippen LogP contribution in [0.3, 0.4) is 0 Å². The third-order valence-electron chi connectivity index (χ3n) is 5.79. The van der Waals surface area contributed by atoms with Gasteiger partial charge in [0.05, 0.1) is 23.2 Å². The van der Waals surface area contributed by atoms with Gasteiger partial charge in [-0.05, 0) is 24.6 Å². The lowest BCUT2D eigenvalue weighted by Crippen LogP contribution is -2.13. The second-order valence-electron chi connectivity index (χ2n) is 8.07. The van der Waals surface area contributed by atoms with Crippen molar-refractivity contribution in [1.82, 2.24) is 34.3 Å². The molecule has 0 fully saturated rings. The molecule has 2 N–H and O–H groups in total. The number of alkyl halides is 3. The van der Waals surface area contributed by atoms with Gasteiger partial charge in [0.2, 0.25) is 5.82 Å². The van der Waals surface area contributed by atoms with Crippen molar-refractivity contribution < 1.29 is 17.6 Å². The summed E-state index contributed by atoms with van der Waals surface area (Å²) in [6.45, 7) is 1.90. The van der Waals surface area contributed by atoms with Crippen LogP contribution in [0.5, 0.6) is 0 Å². The summed E-state index contributed by atoms with van der Waals surface area (Å²) < 4.78 is 56.0. The Morgan fingerprint density at radius 1 is 1.11 bits per heavy atom. The quantitative estimate of drug-likeness (QED) is 0.342. The van der Waals surface area contributed by atoms with E-state index in [-0.39, 0.29) is 28.6 Å². The van der Waals surface area contributed by atoms with Crippen LogP contribution in [0.1, 0.15) is 36.5 Å². The number of nitrogens with two attached hydrogens (primary N) is 1. The van der Waals surface area contributed by atoms with Crippen molar-refractivity contribution in [1.29, 1.82) is 5.26 Å². The predicted molar refractivity (Wildman–Crippen MR) is 125 cm³/mol. The summed E-state index contributed by atoms with van der Waals surface area (Å²) >= 11 is 0. The van der Waals surface area contributed by atoms with Crippen molar-refractivity contribution in [2.45, 2.75) is 25.6 Å². The molecule has 0 aliphatic carbocycles. The van der Waals surface area contributed by atoms with Gasteiger partial charge in [-0.15, -0.1) is 0 Å². The minimum atomic E-state index is -4.69. The molecule has 9 nitrogen and oxygen atoms in total. The first-order valence-electron chi connectivity index (χ1n) is 11.0. The molecular formula is C24H17F4N9. The number of rotatable bonds is 5. The number of halogens is 4. The Labute approximate surface area is 206 Å². The van der Waals surface area contributed by atoms with Gasteiger partial charge in [0, 0.05) is 24.2 Å². The van der Waals surface area contributed by atoms with E-state index in [2.05, 4.69) is 31.1 Å². The number of nitrogen functional groups attached to an aromatic ring is 1. The van der Waals surface area contributed by atoms with E-state index in [4.69, 9.17) is 5.73 Å². The zero-order chi connectivity index (χ0) is 26.3. The van der Waals surface area contributed by atoms with Gasteiger partial charge in [-0.1, -0.05) is 19.1 Å². The minimum Gasteiger partial charge on any atom is -0.383 e. The molecule has 0 saturated heterocycles. The number of hydrogen-bond acceptors (Lipinski definition) is 7. The van der Waals surface area contributed by atoms with E-state index in [0.717, 1.165) is 12.4 Å². The highest BCUT2D eigenvalue weighted by Crippen LogP contribution is 2.33. The Hall–Kier alpha value is -4.86. The average Bonchev–Trinajstić information content (AvgIpc) is 3.50. The minimum absolute atomic E-state index is 0.000492. The fourth-order valence-electron chi connectivity index (χ4n) is 4.08. The van der Waals surface area contributed by atoms with Gasteiger partial charge in [0.1, 0.15) is 34.7 Å². The van der Waals surface area contributed by atoms with Crippen LogP contribution in [-0.4, -0.2) is 34.3 Å². The number of anilines is 1. The fraction of sp³-hybridized carbons (Fsp3) is 0.167. The summed E-state index contributed by atoms with van der Waals surface area (Å²) in [5.41, 5.74) is 7.75. The van der Waals surface area contributed by atoms with Gasteiger partial charge in [-0.25, -0.2) is 29.0 Å². The molecule has 0 amide bonds. The van der Waals surface area contributed by atoms with E-state index in [1.54, 1.807) is 41.2 Å². The van der Waals surface area contributed by atoms with Gasteiger partial charge in [-0.3, -0.25) is 0 Å². The maximum absolute atomic E-state index is 14.3. The molecule has 0 aliphatic heterocycles. The van der Waals surface area contributed by atoms with Crippen LogP contribution in [0, 0.1) is 17.1 Å². The van der Waals surface area contributed by atoms with E-state index < -0.39 is 23.9 Å². The van der Waals surface area contributed by atoms with Crippen LogP contribution in [0.4, 0.5) is 23.4 Å². The molecule has 1 atom stereocenters. The lowest BCUT2D eigenvalue weighted by molar-refractivity contribution is -0.144. The summed E-state index contributed by atoms with van der Waals surface area (Å²) in [6, 6.07) is 9.41. The van der Waals surface area contributed by atoms with Crippen LogP contribution in [0.15, 0.2) is 55.1 Å². The molecule has 0 aliphatic rings. The standard InChI is InChI=1S/C24H17F4N9/c1-2-18(14-11-33-36(12-14)19-6-4-3-5-17(19)25)37-15(8-29)7-16-20(30)34-21(35-22(16)37)13-9-31-23(32-10-13)24(26,27)28/h3-7,9-12,18H,2H2,1H3,(H2,30,34,35)/t18-/m0/s1. The second kappa shape index (κ2) is 8.98. The topological polar surface area (TPSA) is 124 Å². The first-order valence-corrected chi connectivity index (χ1v) is 11.0. The molecule has 5 rings (SSSR count). The third kappa shape index (κ3) is 4.22. The zero-order valence-electron chi connectivity index (χ0n) is 19.1. The van der Waals surface area contributed by atoms with E-state index in [0.29, 0.717) is 23.0 Å². The monoisotopic (exact) mass is 507 g/mol. The number of fused-ring (bicyclic) bond motifs is 1. The maximum atomic E-state index is 14.3. The summed E-state index contributed by atoms with van der Waals surface area (Å²) in [6.07, 6.45) is 0.969. The Kier molecular flexibility index (Phi) is 5.79. The molecule has 4 heterocycles. The van der Waals surface area contributed by atoms with E-state index in [1.807, 2.05) is 6.92 Å². The highest BCUT2D eigenvalue weighted by Gasteiger charge is 2.34. The summed E-state index contributed by atoms with van der Waals surface area (Å²) in [5.74, 6) is -1.71. The summed E-state index contributed by atoms with van der Waals surface area (Å²) in [7, 11) is 0. The Morgan fingerprint density at radius 3 is 2.49 bits per heavy atom. The first kappa shape index (κ1) is 23.9. The van der Waals surface area contributed by atoms with Crippen molar-refractivity contribution >= 4 is 16.9 Å². The molecule has 0 unspecified atom stereocenters. The zero-order valence-corrected chi connectivity index (χ0v) is 19.1. The van der Waals surface area contributed by atoms with Crippen LogP contribution in [-0.2, 0) is 6.18 Å². The SMILES string of the molecule is CC[C@@H](c1cnn(-c2ccccc2F)c1)n1c(C#N)cc2c(N)nc(-c3cnc(C(F)(F)F)nc3)nc21. The molecule has 0 bridgehead atoms. The number of nitriles is 1. The number of aromatic nitrogens is 7. The van der Waals surface area contributed by atoms with Crippen molar-refractivity contribution in [2.24, 2.45) is 0 Å². The molecular weight excluding hydrogens is 490 g/mol. The summed E-state index contributed by atoms with van der Waals surface area (Å²) in [4.78, 5) is 15.4. The van der Waals surface area contributed by atoms with E-state index in [1.165, 1.54) is 10.7 Å². The Bertz CT molecular complexity index is 1650. The lowest BCUT2D eigenvalue weighted by Gasteiger charge is -2.18. The number of hydrogen-bond donors (Lipinski definition) is 1. The van der Waals surface area contributed by atoms with Crippen LogP contribution in [0.25, 0.3) is 28.1 Å². The van der Waals surface area contributed by atoms with Crippen LogP contribution < -0.4 is 5.73 Å². The maximum Gasteiger partial charge on any atom is 0.451 e. The van der Waals surface area contributed by atoms with Gasteiger partial charge >= 0.3 is 6.18 Å². The first-order chi connectivity index (χ1) is 17.7. The van der Waals surface area contributed by atoms with E-state index >= 15 is 0 Å². The molecule has 0 saturated carbocycles. The molecule has 1 aromatic carbocycles. The van der Waals surface area contributed by atoms with Crippen molar-refractivity contribution in [2.75, 3.05) is 5.73 Å².